The zero-order valence-electron chi connectivity index (χ0n) is 17.6. The third-order valence-corrected chi connectivity index (χ3v) is 4.49. The SMILES string of the molecule is COCCCN(C)CC(=O)N(CCOC)C1C(=O)NC(=O)N(CC(C)C)C1N. The Hall–Kier alpha value is -1.75. The van der Waals surface area contributed by atoms with E-state index in [2.05, 4.69) is 5.32 Å². The van der Waals surface area contributed by atoms with Gasteiger partial charge in [-0.3, -0.25) is 19.8 Å². The number of hydrogen-bond acceptors (Lipinski definition) is 7. The van der Waals surface area contributed by atoms with Crippen LogP contribution in [-0.2, 0) is 19.1 Å². The molecule has 1 heterocycles. The summed E-state index contributed by atoms with van der Waals surface area (Å²) in [6.45, 7) is 6.17. The first-order chi connectivity index (χ1) is 13.2. The van der Waals surface area contributed by atoms with Gasteiger partial charge >= 0.3 is 6.03 Å². The maximum absolute atomic E-state index is 13.0. The van der Waals surface area contributed by atoms with Crippen LogP contribution in [0.3, 0.4) is 0 Å². The van der Waals surface area contributed by atoms with Gasteiger partial charge in [-0.1, -0.05) is 13.8 Å². The fourth-order valence-electron chi connectivity index (χ4n) is 3.12. The molecule has 1 aliphatic heterocycles. The van der Waals surface area contributed by atoms with Crippen LogP contribution in [0.25, 0.3) is 0 Å². The lowest BCUT2D eigenvalue weighted by Crippen LogP contribution is -2.72. The largest absolute Gasteiger partial charge is 0.385 e. The van der Waals surface area contributed by atoms with Gasteiger partial charge in [-0.2, -0.15) is 0 Å². The van der Waals surface area contributed by atoms with Crippen LogP contribution >= 0.6 is 0 Å². The molecule has 0 saturated carbocycles. The van der Waals surface area contributed by atoms with Crippen molar-refractivity contribution < 1.29 is 23.9 Å². The number of rotatable bonds is 12. The standard InChI is InChI=1S/C18H35N5O5/c1-13(2)11-23-16(19)15(17(25)20-18(23)26)22(8-10-28-5)14(24)12-21(3)7-6-9-27-4/h13,15-16H,6-12,19H2,1-5H3,(H,20,25,26). The van der Waals surface area contributed by atoms with Gasteiger partial charge in [0.2, 0.25) is 5.91 Å². The molecule has 10 heteroatoms. The van der Waals surface area contributed by atoms with Crippen molar-refractivity contribution in [3.63, 3.8) is 0 Å². The second-order valence-electron chi connectivity index (χ2n) is 7.44. The van der Waals surface area contributed by atoms with Gasteiger partial charge in [-0.05, 0) is 19.4 Å². The first-order valence-corrected chi connectivity index (χ1v) is 9.55. The highest BCUT2D eigenvalue weighted by Gasteiger charge is 2.44. The Bertz CT molecular complexity index is 530. The van der Waals surface area contributed by atoms with Gasteiger partial charge in [0.05, 0.1) is 13.2 Å². The van der Waals surface area contributed by atoms with E-state index in [9.17, 15) is 14.4 Å². The molecular weight excluding hydrogens is 366 g/mol. The molecule has 1 fully saturated rings. The second kappa shape index (κ2) is 11.9. The topological polar surface area (TPSA) is 117 Å². The average Bonchev–Trinajstić information content (AvgIpc) is 2.61. The van der Waals surface area contributed by atoms with Crippen molar-refractivity contribution in [2.45, 2.75) is 32.5 Å². The molecular formula is C18H35N5O5. The number of amides is 4. The first kappa shape index (κ1) is 24.3. The van der Waals surface area contributed by atoms with E-state index in [0.717, 1.165) is 6.42 Å². The third-order valence-electron chi connectivity index (χ3n) is 4.49. The molecule has 0 bridgehead atoms. The molecule has 162 valence electrons. The van der Waals surface area contributed by atoms with Crippen molar-refractivity contribution in [2.24, 2.45) is 11.7 Å². The quantitative estimate of drug-likeness (QED) is 0.415. The zero-order valence-corrected chi connectivity index (χ0v) is 17.6. The fraction of sp³-hybridized carbons (Fsp3) is 0.833. The van der Waals surface area contributed by atoms with Crippen LogP contribution in [-0.4, -0.2) is 105 Å². The molecule has 1 aliphatic rings. The Morgan fingerprint density at radius 1 is 1.21 bits per heavy atom. The van der Waals surface area contributed by atoms with E-state index in [1.54, 1.807) is 7.11 Å². The normalized spacial score (nSPS) is 20.1. The third kappa shape index (κ3) is 7.01. The molecule has 1 saturated heterocycles. The van der Waals surface area contributed by atoms with Gasteiger partial charge in [0.1, 0.15) is 12.2 Å². The van der Waals surface area contributed by atoms with E-state index in [0.29, 0.717) is 19.7 Å². The van der Waals surface area contributed by atoms with Crippen LogP contribution in [0.1, 0.15) is 20.3 Å². The van der Waals surface area contributed by atoms with E-state index in [1.165, 1.54) is 16.9 Å². The summed E-state index contributed by atoms with van der Waals surface area (Å²) in [6, 6.07) is -1.50. The molecule has 4 amide bonds. The summed E-state index contributed by atoms with van der Waals surface area (Å²) in [7, 11) is 4.98. The summed E-state index contributed by atoms with van der Waals surface area (Å²) in [6.07, 6.45) is -0.124. The predicted octanol–water partition coefficient (Wildman–Crippen LogP) is -0.709. The number of likely N-dealkylation sites (N-methyl/N-ethyl adjacent to an activating group) is 1. The smallest absolute Gasteiger partial charge is 0.325 e. The van der Waals surface area contributed by atoms with Crippen molar-refractivity contribution in [2.75, 3.05) is 60.7 Å². The number of imide groups is 1. The van der Waals surface area contributed by atoms with Crippen molar-refractivity contribution in [3.8, 4) is 0 Å². The Labute approximate surface area is 167 Å². The molecule has 0 spiro atoms. The molecule has 1 rings (SSSR count). The minimum absolute atomic E-state index is 0.127. The molecule has 10 nitrogen and oxygen atoms in total. The fourth-order valence-corrected chi connectivity index (χ4v) is 3.12. The second-order valence-corrected chi connectivity index (χ2v) is 7.44. The van der Waals surface area contributed by atoms with Gasteiger partial charge in [0.15, 0.2) is 0 Å². The van der Waals surface area contributed by atoms with Crippen LogP contribution in [0.2, 0.25) is 0 Å². The average molecular weight is 402 g/mol. The molecule has 0 radical (unpaired) electrons. The van der Waals surface area contributed by atoms with E-state index in [1.807, 2.05) is 25.8 Å². The van der Waals surface area contributed by atoms with Gasteiger partial charge in [-0.25, -0.2) is 4.79 Å². The van der Waals surface area contributed by atoms with E-state index in [-0.39, 0.29) is 31.5 Å². The Morgan fingerprint density at radius 2 is 1.86 bits per heavy atom. The number of carbonyl (C=O) groups is 3. The van der Waals surface area contributed by atoms with E-state index >= 15 is 0 Å². The Balaban J connectivity index is 2.94. The number of nitrogens with two attached hydrogens (primary N) is 1. The number of nitrogens with zero attached hydrogens (tertiary/aromatic N) is 3. The highest BCUT2D eigenvalue weighted by molar-refractivity contribution is 6.01. The van der Waals surface area contributed by atoms with Gasteiger partial charge in [0, 0.05) is 40.5 Å². The predicted molar refractivity (Wildman–Crippen MR) is 104 cm³/mol. The lowest BCUT2D eigenvalue weighted by molar-refractivity contribution is -0.145. The van der Waals surface area contributed by atoms with Crippen molar-refractivity contribution in [1.82, 2.24) is 20.0 Å². The summed E-state index contributed by atoms with van der Waals surface area (Å²) in [5, 5.41) is 2.33. The Kier molecular flexibility index (Phi) is 10.4. The highest BCUT2D eigenvalue weighted by atomic mass is 16.5. The summed E-state index contributed by atoms with van der Waals surface area (Å²) in [4.78, 5) is 42.4. The molecule has 28 heavy (non-hydrogen) atoms. The number of carbonyl (C=O) groups excluding carboxylic acids is 3. The minimum atomic E-state index is -0.966. The Morgan fingerprint density at radius 3 is 2.43 bits per heavy atom. The summed E-state index contributed by atoms with van der Waals surface area (Å²) < 4.78 is 10.1. The number of nitrogens with one attached hydrogen (secondary N) is 1. The number of ether oxygens (including phenoxy) is 2. The lowest BCUT2D eigenvalue weighted by Gasteiger charge is -2.43. The molecule has 0 aliphatic carbocycles. The van der Waals surface area contributed by atoms with E-state index < -0.39 is 24.1 Å². The number of urea groups is 1. The number of methoxy groups -OCH3 is 2. The van der Waals surface area contributed by atoms with E-state index in [4.69, 9.17) is 15.2 Å². The van der Waals surface area contributed by atoms with Crippen LogP contribution in [0.4, 0.5) is 4.79 Å². The van der Waals surface area contributed by atoms with Crippen LogP contribution in [0.5, 0.6) is 0 Å². The summed E-state index contributed by atoms with van der Waals surface area (Å²) in [5.74, 6) is -0.642. The summed E-state index contributed by atoms with van der Waals surface area (Å²) in [5.41, 5.74) is 6.27. The monoisotopic (exact) mass is 401 g/mol. The maximum atomic E-state index is 13.0. The molecule has 0 aromatic rings. The minimum Gasteiger partial charge on any atom is -0.385 e. The van der Waals surface area contributed by atoms with Gasteiger partial charge in [0.25, 0.3) is 5.91 Å². The van der Waals surface area contributed by atoms with Gasteiger partial charge < -0.3 is 25.0 Å². The highest BCUT2D eigenvalue weighted by Crippen LogP contribution is 2.16. The van der Waals surface area contributed by atoms with Crippen molar-refractivity contribution >= 4 is 17.8 Å². The lowest BCUT2D eigenvalue weighted by atomic mass is 10.1. The van der Waals surface area contributed by atoms with Crippen LogP contribution in [0.15, 0.2) is 0 Å². The van der Waals surface area contributed by atoms with Crippen LogP contribution in [0, 0.1) is 5.92 Å². The number of hydrogen-bond donors (Lipinski definition) is 2. The van der Waals surface area contributed by atoms with Crippen LogP contribution < -0.4 is 11.1 Å². The molecule has 0 aromatic carbocycles. The summed E-state index contributed by atoms with van der Waals surface area (Å²) >= 11 is 0. The van der Waals surface area contributed by atoms with Crippen molar-refractivity contribution in [3.05, 3.63) is 0 Å². The molecule has 2 unspecified atom stereocenters. The molecule has 3 N–H and O–H groups in total. The maximum Gasteiger partial charge on any atom is 0.325 e. The first-order valence-electron chi connectivity index (χ1n) is 9.55. The van der Waals surface area contributed by atoms with Gasteiger partial charge in [-0.15, -0.1) is 0 Å². The molecule has 0 aromatic heterocycles. The zero-order chi connectivity index (χ0) is 21.3. The van der Waals surface area contributed by atoms with Crippen molar-refractivity contribution in [1.29, 1.82) is 0 Å². The molecule has 2 atom stereocenters.